The van der Waals surface area contributed by atoms with Gasteiger partial charge in [-0.1, -0.05) is 36.7 Å². The number of fused-ring (bicyclic) bond motifs is 1. The maximum absolute atomic E-state index is 11.8. The van der Waals surface area contributed by atoms with Gasteiger partial charge in [0.05, 0.1) is 21.4 Å². The van der Waals surface area contributed by atoms with Gasteiger partial charge in [0, 0.05) is 10.3 Å². The Balaban J connectivity index is 0.000000170. The molecule has 2 aromatic rings. The van der Waals surface area contributed by atoms with E-state index in [0.29, 0.717) is 26.6 Å². The van der Waals surface area contributed by atoms with Crippen LogP contribution < -0.4 is 0 Å². The van der Waals surface area contributed by atoms with Crippen molar-refractivity contribution < 1.29 is 18.6 Å². The summed E-state index contributed by atoms with van der Waals surface area (Å²) >= 11 is 8.00. The molecule has 29 heavy (non-hydrogen) atoms. The van der Waals surface area contributed by atoms with Gasteiger partial charge in [-0.15, -0.1) is 11.3 Å². The first-order valence-electron chi connectivity index (χ1n) is 9.05. The van der Waals surface area contributed by atoms with Crippen LogP contribution in [0.5, 0.6) is 0 Å². The molecule has 0 saturated heterocycles. The molecular formula is C20H19Br2NO4S2. The zero-order valence-corrected chi connectivity index (χ0v) is 20.5. The minimum atomic E-state index is -1.02. The lowest BCUT2D eigenvalue weighted by molar-refractivity contribution is -0.133. The summed E-state index contributed by atoms with van der Waals surface area (Å²) in [5.41, 5.74) is 0.758. The fourth-order valence-electron chi connectivity index (χ4n) is 2.65. The highest BCUT2D eigenvalue weighted by atomic mass is 79.9. The number of benzene rings is 1. The van der Waals surface area contributed by atoms with Gasteiger partial charge in [0.2, 0.25) is 0 Å². The molecule has 0 aliphatic carbocycles. The second-order valence-corrected chi connectivity index (χ2v) is 11.4. The molecule has 5 nitrogen and oxygen atoms in total. The Morgan fingerprint density at radius 1 is 1.31 bits per heavy atom. The van der Waals surface area contributed by atoms with Gasteiger partial charge in [-0.25, -0.2) is 4.79 Å². The van der Waals surface area contributed by atoms with Gasteiger partial charge in [0.25, 0.3) is 0 Å². The highest BCUT2D eigenvalue weighted by Gasteiger charge is 2.22. The molecule has 4 rings (SSSR count). The van der Waals surface area contributed by atoms with E-state index in [9.17, 15) is 9.00 Å². The van der Waals surface area contributed by atoms with Crippen molar-refractivity contribution in [3.05, 3.63) is 56.0 Å². The number of carbonyl (C=O) groups is 1. The topological polar surface area (TPSA) is 65.0 Å². The molecule has 9 heteroatoms. The van der Waals surface area contributed by atoms with Crippen LogP contribution in [0.4, 0.5) is 0 Å². The number of rotatable bonds is 4. The van der Waals surface area contributed by atoms with E-state index in [1.165, 1.54) is 4.70 Å². The number of carbonyl (C=O) groups excluding carboxylic acids is 1. The lowest BCUT2D eigenvalue weighted by Crippen LogP contribution is -2.19. The smallest absolute Gasteiger partial charge is 0.339 e. The summed E-state index contributed by atoms with van der Waals surface area (Å²) in [7, 11) is -1.02. The van der Waals surface area contributed by atoms with E-state index in [-0.39, 0.29) is 5.97 Å². The number of nitrogens with zero attached hydrogens (tertiary/aromatic N) is 1. The van der Waals surface area contributed by atoms with Gasteiger partial charge >= 0.3 is 5.97 Å². The lowest BCUT2D eigenvalue weighted by Gasteiger charge is -2.09. The third-order valence-electron chi connectivity index (χ3n) is 4.12. The van der Waals surface area contributed by atoms with Crippen LogP contribution in [-0.2, 0) is 25.2 Å². The molecule has 3 heterocycles. The average Bonchev–Trinajstić information content (AvgIpc) is 3.30. The number of esters is 1. The fraction of sp³-hybridized carbons (Fsp3) is 0.300. The van der Waals surface area contributed by atoms with E-state index in [1.807, 2.05) is 24.3 Å². The Hall–Kier alpha value is -1.29. The summed E-state index contributed by atoms with van der Waals surface area (Å²) in [5, 5.41) is 5.64. The van der Waals surface area contributed by atoms with Crippen LogP contribution in [0.25, 0.3) is 10.1 Å². The number of hydrogen-bond acceptors (Lipinski definition) is 6. The number of ether oxygens (including phenoxy) is 1. The van der Waals surface area contributed by atoms with Gasteiger partial charge in [-0.2, -0.15) is 0 Å². The Morgan fingerprint density at radius 3 is 2.76 bits per heavy atom. The van der Waals surface area contributed by atoms with Crippen molar-refractivity contribution in [1.29, 1.82) is 0 Å². The third kappa shape index (κ3) is 5.87. The number of unbranched alkanes of at least 4 members (excludes halogenated alkanes) is 1. The number of halogens is 2. The monoisotopic (exact) mass is 559 g/mol. The fourth-order valence-corrected chi connectivity index (χ4v) is 5.22. The molecule has 0 saturated carbocycles. The zero-order valence-electron chi connectivity index (χ0n) is 15.7. The first kappa shape index (κ1) is 22.4. The van der Waals surface area contributed by atoms with Crippen LogP contribution in [0, 0.1) is 0 Å². The Bertz CT molecular complexity index is 989. The maximum atomic E-state index is 11.8. The Morgan fingerprint density at radius 2 is 2.10 bits per heavy atom. The average molecular weight is 561 g/mol. The predicted molar refractivity (Wildman–Crippen MR) is 126 cm³/mol. The zero-order chi connectivity index (χ0) is 20.8. The van der Waals surface area contributed by atoms with Crippen LogP contribution in [-0.4, -0.2) is 27.6 Å². The van der Waals surface area contributed by atoms with Gasteiger partial charge in [-0.05, 0) is 68.3 Å². The number of allylic oxidation sites excluding steroid dienone is 1. The molecule has 0 bridgehead atoms. The van der Waals surface area contributed by atoms with Gasteiger partial charge < -0.3 is 9.57 Å². The Labute approximate surface area is 192 Å². The molecule has 0 spiro atoms. The van der Waals surface area contributed by atoms with E-state index in [4.69, 9.17) is 9.57 Å². The largest absolute Gasteiger partial charge is 0.421 e. The van der Waals surface area contributed by atoms with E-state index < -0.39 is 10.8 Å². The van der Waals surface area contributed by atoms with E-state index >= 15 is 0 Å². The maximum Gasteiger partial charge on any atom is 0.339 e. The molecule has 2 aliphatic heterocycles. The molecular weight excluding hydrogens is 542 g/mol. The summed E-state index contributed by atoms with van der Waals surface area (Å²) < 4.78 is 18.6. The second kappa shape index (κ2) is 10.7. The molecule has 154 valence electrons. The normalized spacial score (nSPS) is 18.4. The molecule has 1 unspecified atom stereocenters. The van der Waals surface area contributed by atoms with Crippen molar-refractivity contribution in [2.45, 2.75) is 26.2 Å². The summed E-state index contributed by atoms with van der Waals surface area (Å²) in [6.07, 6.45) is 4.68. The van der Waals surface area contributed by atoms with E-state index in [1.54, 1.807) is 17.4 Å². The van der Waals surface area contributed by atoms with Gasteiger partial charge in [-0.3, -0.25) is 4.21 Å². The van der Waals surface area contributed by atoms with Crippen LogP contribution in [0.15, 0.2) is 56.3 Å². The molecule has 0 fully saturated rings. The molecule has 0 N–H and O–H groups in total. The minimum absolute atomic E-state index is 0.222. The van der Waals surface area contributed by atoms with Crippen LogP contribution >= 0.6 is 43.2 Å². The van der Waals surface area contributed by atoms with E-state index in [2.05, 4.69) is 50.0 Å². The lowest BCUT2D eigenvalue weighted by atomic mass is 10.1. The van der Waals surface area contributed by atoms with Gasteiger partial charge in [0.1, 0.15) is 10.00 Å². The first-order valence-corrected chi connectivity index (χ1v) is 12.8. The number of oxime groups is 1. The third-order valence-corrected chi connectivity index (χ3v) is 7.41. The van der Waals surface area contributed by atoms with E-state index in [0.717, 1.165) is 35.1 Å². The number of hydrogen-bond donors (Lipinski definition) is 0. The SMILES string of the molecule is CCCCC1=CC(=C(Br)Br)OC1=O.O=S1CCON=C1c1cc2ccccc2s1. The van der Waals surface area contributed by atoms with Crippen molar-refractivity contribution in [3.63, 3.8) is 0 Å². The summed E-state index contributed by atoms with van der Waals surface area (Å²) in [4.78, 5) is 17.2. The van der Waals surface area contributed by atoms with Crippen LogP contribution in [0.2, 0.25) is 0 Å². The highest BCUT2D eigenvalue weighted by Crippen LogP contribution is 2.29. The number of thiophene rings is 1. The van der Waals surface area contributed by atoms with Crippen molar-refractivity contribution in [2.75, 3.05) is 12.4 Å². The molecule has 1 aromatic carbocycles. The summed E-state index contributed by atoms with van der Waals surface area (Å²) in [5.74, 6) is 0.878. The molecule has 1 atom stereocenters. The molecule has 0 amide bonds. The van der Waals surface area contributed by atoms with Crippen molar-refractivity contribution in [1.82, 2.24) is 0 Å². The molecule has 0 radical (unpaired) electrons. The van der Waals surface area contributed by atoms with Crippen molar-refractivity contribution in [2.24, 2.45) is 5.16 Å². The van der Waals surface area contributed by atoms with Crippen molar-refractivity contribution in [3.8, 4) is 0 Å². The summed E-state index contributed by atoms with van der Waals surface area (Å²) in [6.45, 7) is 2.54. The predicted octanol–water partition coefficient (Wildman–Crippen LogP) is 5.96. The quantitative estimate of drug-likeness (QED) is 0.433. The number of cyclic esters (lactones) is 1. The Kier molecular flexibility index (Phi) is 8.23. The standard InChI is InChI=1S/C11H9NO2S2.C9H10Br2O2/c13-16-6-5-14-12-11(16)10-7-8-3-1-2-4-9(8)15-10;1-2-3-4-6-5-7(8(10)11)13-9(6)12/h1-4,7H,5-6H2;5H,2-4H2,1H3. The molecule has 1 aromatic heterocycles. The second-order valence-electron chi connectivity index (χ2n) is 6.22. The highest BCUT2D eigenvalue weighted by molar-refractivity contribution is 9.28. The molecule has 2 aliphatic rings. The summed E-state index contributed by atoms with van der Waals surface area (Å²) in [6, 6.07) is 10.1. The van der Waals surface area contributed by atoms with Gasteiger partial charge in [0.15, 0.2) is 10.8 Å². The van der Waals surface area contributed by atoms with Crippen LogP contribution in [0.1, 0.15) is 31.1 Å². The van der Waals surface area contributed by atoms with Crippen LogP contribution in [0.3, 0.4) is 0 Å². The van der Waals surface area contributed by atoms with Crippen molar-refractivity contribution >= 4 is 75.1 Å². The first-order chi connectivity index (χ1) is 14.0. The minimum Gasteiger partial charge on any atom is -0.421 e.